The zero-order chi connectivity index (χ0) is 14.3. The second-order valence-electron chi connectivity index (χ2n) is 4.64. The van der Waals surface area contributed by atoms with Crippen LogP contribution >= 0.6 is 11.6 Å². The van der Waals surface area contributed by atoms with E-state index in [9.17, 15) is 0 Å². The molecule has 19 heavy (non-hydrogen) atoms. The number of rotatable bonds is 7. The first-order chi connectivity index (χ1) is 9.08. The number of ether oxygens (including phenoxy) is 1. The number of allylic oxidation sites excluding steroid dienone is 2. The molecular formula is C17H23ClO. The lowest BCUT2D eigenvalue weighted by Crippen LogP contribution is -2.12. The fraction of sp³-hybridized carbons (Fsp3) is 0.412. The Kier molecular flexibility index (Phi) is 6.72. The van der Waals surface area contributed by atoms with Crippen molar-refractivity contribution in [2.45, 2.75) is 33.6 Å². The molecule has 1 nitrogen and oxygen atoms in total. The standard InChI is InChI=1S/C17H23ClO/c1-5-8-13(3)17(14(4)19-6-2)12-15-9-7-10-16(18)11-15/h7-11,17H,4-6,12H2,1-3H3/b13-8+. The summed E-state index contributed by atoms with van der Waals surface area (Å²) >= 11 is 6.04. The first-order valence-corrected chi connectivity index (χ1v) is 7.18. The van der Waals surface area contributed by atoms with Crippen LogP contribution in [-0.2, 0) is 11.2 Å². The van der Waals surface area contributed by atoms with Crippen molar-refractivity contribution >= 4 is 11.6 Å². The van der Waals surface area contributed by atoms with E-state index in [0.29, 0.717) is 6.61 Å². The van der Waals surface area contributed by atoms with Gasteiger partial charge in [-0.25, -0.2) is 0 Å². The molecular weight excluding hydrogens is 256 g/mol. The van der Waals surface area contributed by atoms with Gasteiger partial charge in [0, 0.05) is 10.9 Å². The summed E-state index contributed by atoms with van der Waals surface area (Å²) in [5.74, 6) is 1.06. The van der Waals surface area contributed by atoms with Crippen molar-refractivity contribution in [2.75, 3.05) is 6.61 Å². The van der Waals surface area contributed by atoms with Gasteiger partial charge in [0.05, 0.1) is 12.4 Å². The second kappa shape index (κ2) is 8.06. The monoisotopic (exact) mass is 278 g/mol. The van der Waals surface area contributed by atoms with Gasteiger partial charge in [-0.2, -0.15) is 0 Å². The molecule has 2 heteroatoms. The fourth-order valence-corrected chi connectivity index (χ4v) is 2.39. The van der Waals surface area contributed by atoms with Crippen LogP contribution in [0.15, 0.2) is 48.3 Å². The molecule has 0 radical (unpaired) electrons. The van der Waals surface area contributed by atoms with Gasteiger partial charge in [-0.1, -0.05) is 48.9 Å². The zero-order valence-electron chi connectivity index (χ0n) is 12.1. The zero-order valence-corrected chi connectivity index (χ0v) is 12.8. The molecule has 1 unspecified atom stereocenters. The van der Waals surface area contributed by atoms with Crippen molar-refractivity contribution in [1.82, 2.24) is 0 Å². The summed E-state index contributed by atoms with van der Waals surface area (Å²) in [5.41, 5.74) is 2.52. The molecule has 0 N–H and O–H groups in total. The maximum absolute atomic E-state index is 6.04. The Morgan fingerprint density at radius 2 is 2.16 bits per heavy atom. The Morgan fingerprint density at radius 3 is 2.74 bits per heavy atom. The quantitative estimate of drug-likeness (QED) is 0.479. The van der Waals surface area contributed by atoms with Crippen LogP contribution in [0.5, 0.6) is 0 Å². The minimum Gasteiger partial charge on any atom is -0.498 e. The van der Waals surface area contributed by atoms with Crippen LogP contribution in [0.25, 0.3) is 0 Å². The van der Waals surface area contributed by atoms with Crippen molar-refractivity contribution < 1.29 is 4.74 Å². The molecule has 1 rings (SSSR count). The summed E-state index contributed by atoms with van der Waals surface area (Å²) in [6, 6.07) is 7.98. The number of hydrogen-bond donors (Lipinski definition) is 0. The van der Waals surface area contributed by atoms with E-state index < -0.39 is 0 Å². The highest BCUT2D eigenvalue weighted by molar-refractivity contribution is 6.30. The molecule has 0 saturated heterocycles. The minimum absolute atomic E-state index is 0.221. The lowest BCUT2D eigenvalue weighted by molar-refractivity contribution is 0.201. The Hall–Kier alpha value is -1.21. The summed E-state index contributed by atoms with van der Waals surface area (Å²) in [6.07, 6.45) is 4.14. The average Bonchev–Trinajstić information content (AvgIpc) is 2.36. The molecule has 1 aromatic rings. The van der Waals surface area contributed by atoms with Crippen LogP contribution in [0.1, 0.15) is 32.8 Å². The second-order valence-corrected chi connectivity index (χ2v) is 5.08. The average molecular weight is 279 g/mol. The molecule has 0 aliphatic rings. The van der Waals surface area contributed by atoms with Crippen molar-refractivity contribution in [3.05, 3.63) is 58.8 Å². The third kappa shape index (κ3) is 5.12. The van der Waals surface area contributed by atoms with E-state index in [0.717, 1.165) is 23.6 Å². The van der Waals surface area contributed by atoms with Crippen LogP contribution in [0, 0.1) is 5.92 Å². The van der Waals surface area contributed by atoms with Gasteiger partial charge in [-0.15, -0.1) is 0 Å². The molecule has 0 bridgehead atoms. The van der Waals surface area contributed by atoms with Crippen molar-refractivity contribution in [2.24, 2.45) is 5.92 Å². The molecule has 1 aromatic carbocycles. The van der Waals surface area contributed by atoms with Crippen LogP contribution in [0.3, 0.4) is 0 Å². The molecule has 0 saturated carbocycles. The van der Waals surface area contributed by atoms with Crippen LogP contribution < -0.4 is 0 Å². The molecule has 0 fully saturated rings. The number of hydrogen-bond acceptors (Lipinski definition) is 1. The summed E-state index contributed by atoms with van der Waals surface area (Å²) in [5, 5.41) is 0.774. The molecule has 0 amide bonds. The van der Waals surface area contributed by atoms with E-state index in [2.05, 4.69) is 32.6 Å². The molecule has 0 aliphatic carbocycles. The topological polar surface area (TPSA) is 9.23 Å². The lowest BCUT2D eigenvalue weighted by Gasteiger charge is -2.21. The first kappa shape index (κ1) is 15.8. The van der Waals surface area contributed by atoms with E-state index in [4.69, 9.17) is 16.3 Å². The van der Waals surface area contributed by atoms with Crippen molar-refractivity contribution in [3.8, 4) is 0 Å². The van der Waals surface area contributed by atoms with E-state index in [1.54, 1.807) is 0 Å². The van der Waals surface area contributed by atoms with E-state index in [1.807, 2.05) is 25.1 Å². The van der Waals surface area contributed by atoms with E-state index in [-0.39, 0.29) is 5.92 Å². The fourth-order valence-electron chi connectivity index (χ4n) is 2.18. The van der Waals surface area contributed by atoms with Gasteiger partial charge < -0.3 is 4.74 Å². The maximum atomic E-state index is 6.04. The Balaban J connectivity index is 2.91. The SMILES string of the molecule is C=C(OCC)C(Cc1cccc(Cl)c1)/C(C)=C/CC. The van der Waals surface area contributed by atoms with Crippen molar-refractivity contribution in [1.29, 1.82) is 0 Å². The normalized spacial score (nSPS) is 13.2. The van der Waals surface area contributed by atoms with Gasteiger partial charge in [-0.3, -0.25) is 0 Å². The lowest BCUT2D eigenvalue weighted by atomic mass is 9.90. The Labute approximate surface area is 121 Å². The highest BCUT2D eigenvalue weighted by Gasteiger charge is 2.16. The summed E-state index contributed by atoms with van der Waals surface area (Å²) in [7, 11) is 0. The highest BCUT2D eigenvalue weighted by atomic mass is 35.5. The summed E-state index contributed by atoms with van der Waals surface area (Å²) < 4.78 is 5.61. The summed E-state index contributed by atoms with van der Waals surface area (Å²) in [4.78, 5) is 0. The van der Waals surface area contributed by atoms with Crippen molar-refractivity contribution in [3.63, 3.8) is 0 Å². The largest absolute Gasteiger partial charge is 0.498 e. The third-order valence-electron chi connectivity index (χ3n) is 3.12. The van der Waals surface area contributed by atoms with Gasteiger partial charge in [0.25, 0.3) is 0 Å². The molecule has 0 heterocycles. The number of halogens is 1. The van der Waals surface area contributed by atoms with Crippen LogP contribution in [0.2, 0.25) is 5.02 Å². The molecule has 0 aliphatic heterocycles. The molecule has 0 spiro atoms. The molecule has 0 aromatic heterocycles. The van der Waals surface area contributed by atoms with Gasteiger partial charge in [-0.05, 0) is 44.4 Å². The first-order valence-electron chi connectivity index (χ1n) is 6.81. The third-order valence-corrected chi connectivity index (χ3v) is 3.36. The number of benzene rings is 1. The Bertz CT molecular complexity index is 448. The summed E-state index contributed by atoms with van der Waals surface area (Å²) in [6.45, 7) is 11.0. The molecule has 104 valence electrons. The predicted octanol–water partition coefficient (Wildman–Crippen LogP) is 5.41. The van der Waals surface area contributed by atoms with E-state index in [1.165, 1.54) is 11.1 Å². The minimum atomic E-state index is 0.221. The smallest absolute Gasteiger partial charge is 0.0962 e. The van der Waals surface area contributed by atoms with Gasteiger partial charge in [0.2, 0.25) is 0 Å². The highest BCUT2D eigenvalue weighted by Crippen LogP contribution is 2.26. The van der Waals surface area contributed by atoms with Crippen LogP contribution in [-0.4, -0.2) is 6.61 Å². The van der Waals surface area contributed by atoms with E-state index >= 15 is 0 Å². The van der Waals surface area contributed by atoms with Gasteiger partial charge in [0.15, 0.2) is 0 Å². The van der Waals surface area contributed by atoms with Crippen LogP contribution in [0.4, 0.5) is 0 Å². The van der Waals surface area contributed by atoms with Gasteiger partial charge in [0.1, 0.15) is 0 Å². The van der Waals surface area contributed by atoms with Gasteiger partial charge >= 0.3 is 0 Å². The maximum Gasteiger partial charge on any atom is 0.0962 e. The Morgan fingerprint density at radius 1 is 1.42 bits per heavy atom. The molecule has 1 atom stereocenters. The predicted molar refractivity (Wildman–Crippen MR) is 83.5 cm³/mol.